The molecule has 0 aliphatic carbocycles. The Morgan fingerprint density at radius 1 is 1.33 bits per heavy atom. The maximum absolute atomic E-state index is 11.3. The van der Waals surface area contributed by atoms with Gasteiger partial charge < -0.3 is 19.3 Å². The van der Waals surface area contributed by atoms with Crippen LogP contribution < -0.4 is 0 Å². The molecule has 21 heavy (non-hydrogen) atoms. The van der Waals surface area contributed by atoms with Crippen LogP contribution in [0.15, 0.2) is 0 Å². The average Bonchev–Trinajstić information content (AvgIpc) is 2.45. The first-order chi connectivity index (χ1) is 9.58. The first-order valence-corrected chi connectivity index (χ1v) is 7.22. The molecule has 0 aromatic rings. The van der Waals surface area contributed by atoms with Crippen LogP contribution in [0.2, 0.25) is 0 Å². The van der Waals surface area contributed by atoms with E-state index < -0.39 is 23.4 Å². The molecule has 0 saturated carbocycles. The highest BCUT2D eigenvalue weighted by Crippen LogP contribution is 2.36. The van der Waals surface area contributed by atoms with Gasteiger partial charge in [-0.05, 0) is 40.0 Å². The average molecular weight is 302 g/mol. The van der Waals surface area contributed by atoms with Gasteiger partial charge in [-0.25, -0.2) is 0 Å². The molecular formula is C15H26O6. The molecule has 1 rings (SSSR count). The van der Waals surface area contributed by atoms with Crippen LogP contribution in [0, 0.1) is 0 Å². The van der Waals surface area contributed by atoms with Crippen molar-refractivity contribution < 1.29 is 28.9 Å². The first kappa shape index (κ1) is 17.9. The van der Waals surface area contributed by atoms with E-state index in [1.54, 1.807) is 6.92 Å². The Balaban J connectivity index is 2.84. The standard InChI is InChI=1S/C15H26O6/c1-10(16)20-11-8-9-15(4,18)12(21-14(11,2)3)6-7-13(17)19-5/h11-12,18H,6-9H2,1-5H3/t11-,12-,15+/m1/s1. The first-order valence-electron chi connectivity index (χ1n) is 7.22. The minimum Gasteiger partial charge on any atom is -0.469 e. The topological polar surface area (TPSA) is 82.1 Å². The van der Waals surface area contributed by atoms with Gasteiger partial charge in [0.1, 0.15) is 6.10 Å². The summed E-state index contributed by atoms with van der Waals surface area (Å²) in [5.41, 5.74) is -1.81. The van der Waals surface area contributed by atoms with Gasteiger partial charge in [-0.1, -0.05) is 0 Å². The summed E-state index contributed by atoms with van der Waals surface area (Å²) in [5.74, 6) is -0.711. The van der Waals surface area contributed by atoms with Gasteiger partial charge in [0.15, 0.2) is 0 Å². The van der Waals surface area contributed by atoms with E-state index >= 15 is 0 Å². The minimum absolute atomic E-state index is 0.172. The summed E-state index contributed by atoms with van der Waals surface area (Å²) >= 11 is 0. The lowest BCUT2D eigenvalue weighted by atomic mass is 9.89. The van der Waals surface area contributed by atoms with E-state index in [0.717, 1.165) is 0 Å². The van der Waals surface area contributed by atoms with Gasteiger partial charge in [0.2, 0.25) is 0 Å². The maximum atomic E-state index is 11.3. The lowest BCUT2D eigenvalue weighted by molar-refractivity contribution is -0.187. The molecule has 1 saturated heterocycles. The minimum atomic E-state index is -1.08. The number of esters is 2. The van der Waals surface area contributed by atoms with Crippen molar-refractivity contribution in [2.75, 3.05) is 7.11 Å². The summed E-state index contributed by atoms with van der Waals surface area (Å²) in [4.78, 5) is 22.5. The zero-order chi connectivity index (χ0) is 16.3. The Morgan fingerprint density at radius 2 is 1.95 bits per heavy atom. The van der Waals surface area contributed by atoms with Crippen LogP contribution in [-0.2, 0) is 23.8 Å². The number of aliphatic hydroxyl groups is 1. The van der Waals surface area contributed by atoms with Gasteiger partial charge in [-0.15, -0.1) is 0 Å². The SMILES string of the molecule is COC(=O)CC[C@H]1OC(C)(C)[C@H](OC(C)=O)CC[C@]1(C)O. The summed E-state index contributed by atoms with van der Waals surface area (Å²) in [6, 6.07) is 0. The summed E-state index contributed by atoms with van der Waals surface area (Å²) in [5, 5.41) is 10.6. The van der Waals surface area contributed by atoms with E-state index in [1.807, 2.05) is 13.8 Å². The number of rotatable bonds is 4. The molecule has 1 aliphatic rings. The van der Waals surface area contributed by atoms with E-state index in [0.29, 0.717) is 19.3 Å². The molecule has 6 heteroatoms. The molecule has 0 aromatic carbocycles. The molecule has 1 N–H and O–H groups in total. The van der Waals surface area contributed by atoms with Crippen LogP contribution in [-0.4, -0.2) is 47.6 Å². The number of hydrogen-bond acceptors (Lipinski definition) is 6. The Labute approximate surface area is 125 Å². The second-order valence-electron chi connectivity index (χ2n) is 6.32. The number of methoxy groups -OCH3 is 1. The normalized spacial score (nSPS) is 32.1. The van der Waals surface area contributed by atoms with Crippen LogP contribution in [0.4, 0.5) is 0 Å². The predicted octanol–water partition coefficient (Wildman–Crippen LogP) is 1.58. The third-order valence-electron chi connectivity index (χ3n) is 3.97. The summed E-state index contributed by atoms with van der Waals surface area (Å²) in [6.07, 6.45) is 0.521. The molecule has 122 valence electrons. The molecule has 3 atom stereocenters. The fraction of sp³-hybridized carbons (Fsp3) is 0.867. The second kappa shape index (κ2) is 6.75. The molecule has 0 bridgehead atoms. The largest absolute Gasteiger partial charge is 0.469 e. The Kier molecular flexibility index (Phi) is 5.75. The second-order valence-corrected chi connectivity index (χ2v) is 6.32. The van der Waals surface area contributed by atoms with E-state index in [4.69, 9.17) is 9.47 Å². The van der Waals surface area contributed by atoms with Gasteiger partial charge in [0.25, 0.3) is 0 Å². The molecule has 1 heterocycles. The Morgan fingerprint density at radius 3 is 2.48 bits per heavy atom. The fourth-order valence-corrected chi connectivity index (χ4v) is 2.62. The van der Waals surface area contributed by atoms with Crippen molar-refractivity contribution in [2.24, 2.45) is 0 Å². The highest BCUT2D eigenvalue weighted by Gasteiger charge is 2.45. The van der Waals surface area contributed by atoms with Crippen LogP contribution in [0.5, 0.6) is 0 Å². The molecule has 0 spiro atoms. The monoisotopic (exact) mass is 302 g/mol. The number of carbonyl (C=O) groups excluding carboxylic acids is 2. The van der Waals surface area contributed by atoms with Gasteiger partial charge in [0.05, 0.1) is 24.4 Å². The fourth-order valence-electron chi connectivity index (χ4n) is 2.62. The van der Waals surface area contributed by atoms with Crippen LogP contribution in [0.3, 0.4) is 0 Å². The lowest BCUT2D eigenvalue weighted by Gasteiger charge is -2.36. The summed E-state index contributed by atoms with van der Waals surface area (Å²) in [6.45, 7) is 6.69. The lowest BCUT2D eigenvalue weighted by Crippen LogP contribution is -2.46. The van der Waals surface area contributed by atoms with Crippen LogP contribution in [0.1, 0.15) is 53.4 Å². The Bertz CT molecular complexity index is 388. The van der Waals surface area contributed by atoms with Gasteiger partial charge in [0, 0.05) is 13.3 Å². The van der Waals surface area contributed by atoms with Crippen LogP contribution in [0.25, 0.3) is 0 Å². The highest BCUT2D eigenvalue weighted by molar-refractivity contribution is 5.69. The molecule has 6 nitrogen and oxygen atoms in total. The third kappa shape index (κ3) is 4.97. The van der Waals surface area contributed by atoms with Crippen molar-refractivity contribution in [1.82, 2.24) is 0 Å². The van der Waals surface area contributed by atoms with Crippen molar-refractivity contribution in [1.29, 1.82) is 0 Å². The summed E-state index contributed by atoms with van der Waals surface area (Å²) in [7, 11) is 1.33. The van der Waals surface area contributed by atoms with E-state index in [2.05, 4.69) is 4.74 Å². The smallest absolute Gasteiger partial charge is 0.305 e. The van der Waals surface area contributed by atoms with Gasteiger partial charge in [-0.2, -0.15) is 0 Å². The number of ether oxygens (including phenoxy) is 3. The van der Waals surface area contributed by atoms with Gasteiger partial charge in [-0.3, -0.25) is 9.59 Å². The van der Waals surface area contributed by atoms with E-state index in [-0.39, 0.29) is 18.4 Å². The van der Waals surface area contributed by atoms with Gasteiger partial charge >= 0.3 is 11.9 Å². The molecule has 1 aliphatic heterocycles. The molecule has 0 aromatic heterocycles. The zero-order valence-electron chi connectivity index (χ0n) is 13.5. The van der Waals surface area contributed by atoms with Crippen molar-refractivity contribution in [3.63, 3.8) is 0 Å². The molecular weight excluding hydrogens is 276 g/mol. The molecule has 1 fully saturated rings. The third-order valence-corrected chi connectivity index (χ3v) is 3.97. The van der Waals surface area contributed by atoms with E-state index in [1.165, 1.54) is 14.0 Å². The van der Waals surface area contributed by atoms with Crippen molar-refractivity contribution in [3.8, 4) is 0 Å². The quantitative estimate of drug-likeness (QED) is 0.794. The zero-order valence-corrected chi connectivity index (χ0v) is 13.5. The molecule has 0 radical (unpaired) electrons. The summed E-state index contributed by atoms with van der Waals surface area (Å²) < 4.78 is 15.9. The number of hydrogen-bond donors (Lipinski definition) is 1. The van der Waals surface area contributed by atoms with Crippen molar-refractivity contribution >= 4 is 11.9 Å². The Hall–Kier alpha value is -1.14. The maximum Gasteiger partial charge on any atom is 0.305 e. The van der Waals surface area contributed by atoms with Crippen molar-refractivity contribution in [3.05, 3.63) is 0 Å². The number of carbonyl (C=O) groups is 2. The van der Waals surface area contributed by atoms with E-state index in [9.17, 15) is 14.7 Å². The van der Waals surface area contributed by atoms with Crippen molar-refractivity contribution in [2.45, 2.75) is 76.8 Å². The van der Waals surface area contributed by atoms with Crippen LogP contribution >= 0.6 is 0 Å². The predicted molar refractivity (Wildman–Crippen MR) is 75.6 cm³/mol. The highest BCUT2D eigenvalue weighted by atomic mass is 16.6. The molecule has 0 unspecified atom stereocenters. The molecule has 0 amide bonds.